The van der Waals surface area contributed by atoms with Crippen molar-refractivity contribution in [2.75, 3.05) is 11.9 Å². The first-order valence-corrected chi connectivity index (χ1v) is 9.97. The molecule has 2 amide bonds. The summed E-state index contributed by atoms with van der Waals surface area (Å²) in [5, 5.41) is 11.4. The topological polar surface area (TPSA) is 63.1 Å². The molecule has 0 saturated carbocycles. The number of amides is 2. The van der Waals surface area contributed by atoms with Crippen LogP contribution in [0.15, 0.2) is 42.5 Å². The molecule has 1 saturated heterocycles. The lowest BCUT2D eigenvalue weighted by Gasteiger charge is -2.25. The van der Waals surface area contributed by atoms with E-state index in [1.807, 2.05) is 11.5 Å². The van der Waals surface area contributed by atoms with E-state index < -0.39 is 11.8 Å². The first kappa shape index (κ1) is 20.3. The largest absolute Gasteiger partial charge is 0.322 e. The molecule has 2 aromatic carbocycles. The molecule has 1 atom stereocenters. The summed E-state index contributed by atoms with van der Waals surface area (Å²) < 4.78 is 29.2. The number of urea groups is 1. The molecule has 1 aliphatic heterocycles. The highest BCUT2D eigenvalue weighted by atomic mass is 35.5. The predicted molar refractivity (Wildman–Crippen MR) is 109 cm³/mol. The van der Waals surface area contributed by atoms with Gasteiger partial charge >= 0.3 is 6.03 Å². The number of aromatic nitrogens is 3. The van der Waals surface area contributed by atoms with Crippen molar-refractivity contribution >= 4 is 23.3 Å². The van der Waals surface area contributed by atoms with Gasteiger partial charge in [-0.1, -0.05) is 23.7 Å². The monoisotopic (exact) mass is 431 g/mol. The minimum atomic E-state index is -0.595. The number of nitrogens with zero attached hydrogens (tertiary/aromatic N) is 4. The average Bonchev–Trinajstić information content (AvgIpc) is 3.33. The Balaban J connectivity index is 1.56. The summed E-state index contributed by atoms with van der Waals surface area (Å²) in [6.45, 7) is 2.82. The van der Waals surface area contributed by atoms with Crippen LogP contribution < -0.4 is 5.32 Å². The van der Waals surface area contributed by atoms with Crippen LogP contribution in [-0.2, 0) is 6.54 Å². The summed E-state index contributed by atoms with van der Waals surface area (Å²) >= 11 is 5.78. The number of anilines is 1. The van der Waals surface area contributed by atoms with Gasteiger partial charge in [-0.3, -0.25) is 0 Å². The second-order valence-corrected chi connectivity index (χ2v) is 7.66. The molecule has 156 valence electrons. The number of aryl methyl sites for hydroxylation is 1. The van der Waals surface area contributed by atoms with Gasteiger partial charge in [-0.15, -0.1) is 10.2 Å². The normalized spacial score (nSPS) is 16.1. The van der Waals surface area contributed by atoms with Crippen molar-refractivity contribution in [3.8, 4) is 0 Å². The molecule has 0 bridgehead atoms. The van der Waals surface area contributed by atoms with E-state index in [0.29, 0.717) is 24.7 Å². The number of carbonyl (C=O) groups is 1. The molecule has 6 nitrogen and oxygen atoms in total. The first-order chi connectivity index (χ1) is 14.4. The van der Waals surface area contributed by atoms with Crippen molar-refractivity contribution in [1.29, 1.82) is 0 Å². The van der Waals surface area contributed by atoms with Crippen LogP contribution in [0, 0.1) is 18.6 Å². The molecule has 1 N–H and O–H groups in total. The average molecular weight is 432 g/mol. The molecular weight excluding hydrogens is 412 g/mol. The van der Waals surface area contributed by atoms with Crippen molar-refractivity contribution in [2.24, 2.45) is 0 Å². The Hall–Kier alpha value is -3.00. The lowest BCUT2D eigenvalue weighted by atomic mass is 10.2. The van der Waals surface area contributed by atoms with Gasteiger partial charge in [0.2, 0.25) is 0 Å². The van der Waals surface area contributed by atoms with Crippen LogP contribution in [-0.4, -0.2) is 32.2 Å². The van der Waals surface area contributed by atoms with Gasteiger partial charge < -0.3 is 14.8 Å². The Morgan fingerprint density at radius 1 is 1.20 bits per heavy atom. The summed E-state index contributed by atoms with van der Waals surface area (Å²) in [5.74, 6) is 0.459. The van der Waals surface area contributed by atoms with Crippen LogP contribution in [0.5, 0.6) is 0 Å². The van der Waals surface area contributed by atoms with E-state index in [9.17, 15) is 13.6 Å². The van der Waals surface area contributed by atoms with Gasteiger partial charge in [-0.2, -0.15) is 0 Å². The Bertz CT molecular complexity index is 1070. The number of carbonyl (C=O) groups excluding carboxylic acids is 1. The molecule has 9 heteroatoms. The van der Waals surface area contributed by atoms with E-state index in [-0.39, 0.29) is 22.6 Å². The number of benzene rings is 2. The zero-order chi connectivity index (χ0) is 21.3. The van der Waals surface area contributed by atoms with E-state index in [4.69, 9.17) is 11.6 Å². The Morgan fingerprint density at radius 3 is 2.70 bits per heavy atom. The van der Waals surface area contributed by atoms with Crippen molar-refractivity contribution in [3.63, 3.8) is 0 Å². The smallest absolute Gasteiger partial charge is 0.314 e. The lowest BCUT2D eigenvalue weighted by molar-refractivity contribution is 0.203. The molecule has 1 aliphatic rings. The van der Waals surface area contributed by atoms with Crippen LogP contribution in [0.25, 0.3) is 0 Å². The van der Waals surface area contributed by atoms with Crippen LogP contribution in [0.2, 0.25) is 5.02 Å². The Labute approximate surface area is 177 Å². The number of nitrogens with one attached hydrogen (secondary N) is 1. The molecule has 0 radical (unpaired) electrons. The van der Waals surface area contributed by atoms with Gasteiger partial charge in [0.25, 0.3) is 0 Å². The quantitative estimate of drug-likeness (QED) is 0.636. The summed E-state index contributed by atoms with van der Waals surface area (Å²) in [5.41, 5.74) is 0.969. The van der Waals surface area contributed by atoms with Gasteiger partial charge in [-0.25, -0.2) is 13.6 Å². The fourth-order valence-electron chi connectivity index (χ4n) is 3.67. The van der Waals surface area contributed by atoms with Crippen molar-refractivity contribution in [3.05, 3.63) is 76.3 Å². The molecule has 1 aromatic heterocycles. The third kappa shape index (κ3) is 4.14. The highest BCUT2D eigenvalue weighted by Crippen LogP contribution is 2.32. The van der Waals surface area contributed by atoms with Crippen molar-refractivity contribution in [1.82, 2.24) is 19.7 Å². The maximum Gasteiger partial charge on any atom is 0.322 e. The highest BCUT2D eigenvalue weighted by Gasteiger charge is 2.34. The van der Waals surface area contributed by atoms with Crippen molar-refractivity contribution in [2.45, 2.75) is 32.4 Å². The third-order valence-corrected chi connectivity index (χ3v) is 5.44. The molecule has 0 unspecified atom stereocenters. The van der Waals surface area contributed by atoms with Crippen molar-refractivity contribution < 1.29 is 13.6 Å². The summed E-state index contributed by atoms with van der Waals surface area (Å²) in [6.07, 6.45) is 1.52. The molecule has 0 aliphatic carbocycles. The van der Waals surface area contributed by atoms with Crippen LogP contribution >= 0.6 is 11.6 Å². The third-order valence-electron chi connectivity index (χ3n) is 5.20. The second kappa shape index (κ2) is 8.39. The number of halogens is 3. The minimum absolute atomic E-state index is 0.0685. The summed E-state index contributed by atoms with van der Waals surface area (Å²) in [6, 6.07) is 9.64. The second-order valence-electron chi connectivity index (χ2n) is 7.22. The van der Waals surface area contributed by atoms with Crippen LogP contribution in [0.1, 0.15) is 36.1 Å². The summed E-state index contributed by atoms with van der Waals surface area (Å²) in [4.78, 5) is 14.5. The van der Waals surface area contributed by atoms with E-state index in [1.165, 1.54) is 24.3 Å². The van der Waals surface area contributed by atoms with E-state index >= 15 is 0 Å². The maximum absolute atomic E-state index is 14.1. The molecule has 1 fully saturated rings. The summed E-state index contributed by atoms with van der Waals surface area (Å²) in [7, 11) is 0. The molecule has 30 heavy (non-hydrogen) atoms. The fraction of sp³-hybridized carbons (Fsp3) is 0.286. The molecule has 0 spiro atoms. The SMILES string of the molecule is Cc1nnc([C@H]2CCCN2C(=O)Nc2ccc(Cl)cc2F)n1Cc1ccc(F)cc1. The number of hydrogen-bond acceptors (Lipinski definition) is 3. The fourth-order valence-corrected chi connectivity index (χ4v) is 3.83. The minimum Gasteiger partial charge on any atom is -0.314 e. The molecule has 2 heterocycles. The van der Waals surface area contributed by atoms with Crippen LogP contribution in [0.3, 0.4) is 0 Å². The number of likely N-dealkylation sites (tertiary alicyclic amines) is 1. The zero-order valence-electron chi connectivity index (χ0n) is 16.3. The first-order valence-electron chi connectivity index (χ1n) is 9.59. The maximum atomic E-state index is 14.1. The van der Waals surface area contributed by atoms with E-state index in [2.05, 4.69) is 15.5 Å². The highest BCUT2D eigenvalue weighted by molar-refractivity contribution is 6.30. The number of hydrogen-bond donors (Lipinski definition) is 1. The van der Waals surface area contributed by atoms with Gasteiger partial charge in [0.05, 0.1) is 18.3 Å². The van der Waals surface area contributed by atoms with E-state index in [1.54, 1.807) is 17.0 Å². The zero-order valence-corrected chi connectivity index (χ0v) is 17.0. The van der Waals surface area contributed by atoms with Gasteiger partial charge in [0.1, 0.15) is 17.5 Å². The predicted octanol–water partition coefficient (Wildman–Crippen LogP) is 4.94. The van der Waals surface area contributed by atoms with E-state index in [0.717, 1.165) is 24.5 Å². The lowest BCUT2D eigenvalue weighted by Crippen LogP contribution is -2.36. The van der Waals surface area contributed by atoms with Gasteiger partial charge in [-0.05, 0) is 55.7 Å². The van der Waals surface area contributed by atoms with Crippen LogP contribution in [0.4, 0.5) is 19.3 Å². The molecule has 4 rings (SSSR count). The Morgan fingerprint density at radius 2 is 1.97 bits per heavy atom. The van der Waals surface area contributed by atoms with Gasteiger partial charge in [0, 0.05) is 11.6 Å². The Kier molecular flexibility index (Phi) is 5.67. The number of rotatable bonds is 4. The standard InChI is InChI=1S/C21H20ClF2N5O/c1-13-26-27-20(29(13)12-14-4-7-16(23)8-5-14)19-3-2-10-28(19)21(30)25-18-9-6-15(22)11-17(18)24/h4-9,11,19H,2-3,10,12H2,1H3,(H,25,30)/t19-/m1/s1. The van der Waals surface area contributed by atoms with Gasteiger partial charge in [0.15, 0.2) is 5.82 Å². The molecular formula is C21H20ClF2N5O. The molecule has 3 aromatic rings.